The van der Waals surface area contributed by atoms with Gasteiger partial charge in [0.05, 0.1) is 6.20 Å². The van der Waals surface area contributed by atoms with E-state index in [2.05, 4.69) is 4.98 Å². The summed E-state index contributed by atoms with van der Waals surface area (Å²) in [4.78, 5) is 16.5. The Bertz CT molecular complexity index is 792. The van der Waals surface area contributed by atoms with Gasteiger partial charge < -0.3 is 17.0 Å². The lowest BCUT2D eigenvalue weighted by molar-refractivity contribution is -0.686. The maximum Gasteiger partial charge on any atom is 0.287 e. The van der Waals surface area contributed by atoms with Gasteiger partial charge in [0.25, 0.3) is 6.33 Å². The summed E-state index contributed by atoms with van der Waals surface area (Å²) in [7, 11) is 0. The smallest absolute Gasteiger partial charge is 0.287 e. The van der Waals surface area contributed by atoms with Crippen LogP contribution in [-0.2, 0) is 6.54 Å². The van der Waals surface area contributed by atoms with Crippen molar-refractivity contribution in [1.29, 1.82) is 0 Å². The van der Waals surface area contributed by atoms with Gasteiger partial charge in [-0.3, -0.25) is 4.79 Å². The fourth-order valence-electron chi connectivity index (χ4n) is 2.18. The van der Waals surface area contributed by atoms with Crippen LogP contribution in [0.3, 0.4) is 0 Å². The maximum absolute atomic E-state index is 12.1. The molecule has 3 aromatic rings. The number of aromatic nitrogens is 2. The van der Waals surface area contributed by atoms with Crippen molar-refractivity contribution in [2.75, 3.05) is 0 Å². The molecule has 0 amide bonds. The summed E-state index contributed by atoms with van der Waals surface area (Å²) in [5, 5.41) is 0.676. The molecule has 0 spiro atoms. The standard InChI is InChI=1S/C18H14ClN2O.BrH/c19-16-8-4-7-15(11-16)17-9-10-21(13-20-17)12-18(22)14-5-2-1-3-6-14;/h1-11,13H,12H2;1H/q+1;/p-1. The minimum absolute atomic E-state index is 0. The zero-order valence-electron chi connectivity index (χ0n) is 12.2. The molecule has 0 aliphatic carbocycles. The van der Waals surface area contributed by atoms with Crippen LogP contribution in [0.25, 0.3) is 11.3 Å². The summed E-state index contributed by atoms with van der Waals surface area (Å²) in [6.45, 7) is 0.271. The van der Waals surface area contributed by atoms with Crippen LogP contribution < -0.4 is 21.5 Å². The Morgan fingerprint density at radius 2 is 1.83 bits per heavy atom. The number of carbonyl (C=O) groups is 1. The van der Waals surface area contributed by atoms with Gasteiger partial charge in [-0.15, -0.1) is 0 Å². The van der Waals surface area contributed by atoms with Crippen molar-refractivity contribution < 1.29 is 26.3 Å². The fourth-order valence-corrected chi connectivity index (χ4v) is 2.37. The van der Waals surface area contributed by atoms with Crippen molar-refractivity contribution in [3.8, 4) is 11.3 Å². The number of ketones is 1. The average Bonchev–Trinajstić information content (AvgIpc) is 2.56. The van der Waals surface area contributed by atoms with Gasteiger partial charge in [-0.05, 0) is 17.1 Å². The molecular weight excluding hydrogens is 376 g/mol. The van der Waals surface area contributed by atoms with Crippen molar-refractivity contribution >= 4 is 17.4 Å². The van der Waals surface area contributed by atoms with Crippen LogP contribution in [0, 0.1) is 0 Å². The van der Waals surface area contributed by atoms with Crippen molar-refractivity contribution in [3.63, 3.8) is 0 Å². The van der Waals surface area contributed by atoms with Gasteiger partial charge in [-0.2, -0.15) is 0 Å². The van der Waals surface area contributed by atoms with Gasteiger partial charge in [0, 0.05) is 22.2 Å². The Morgan fingerprint density at radius 1 is 1.04 bits per heavy atom. The number of hydrogen-bond donors (Lipinski definition) is 0. The van der Waals surface area contributed by atoms with E-state index in [0.717, 1.165) is 11.3 Å². The van der Waals surface area contributed by atoms with Gasteiger partial charge in [0.15, 0.2) is 12.2 Å². The molecule has 1 heterocycles. The molecule has 0 bridgehead atoms. The molecule has 0 saturated carbocycles. The third kappa shape index (κ3) is 4.47. The Morgan fingerprint density at radius 3 is 2.48 bits per heavy atom. The second-order valence-corrected chi connectivity index (χ2v) is 5.35. The van der Waals surface area contributed by atoms with Crippen LogP contribution in [-0.4, -0.2) is 10.8 Å². The molecule has 0 aliphatic heterocycles. The van der Waals surface area contributed by atoms with Crippen molar-refractivity contribution in [2.45, 2.75) is 6.54 Å². The molecule has 0 aliphatic rings. The Balaban J connectivity index is 0.00000192. The average molecular weight is 390 g/mol. The first-order valence-corrected chi connectivity index (χ1v) is 7.29. The number of carbonyl (C=O) groups excluding carboxylic acids is 1. The van der Waals surface area contributed by atoms with Gasteiger partial charge >= 0.3 is 0 Å². The van der Waals surface area contributed by atoms with E-state index >= 15 is 0 Å². The normalized spacial score (nSPS) is 9.96. The minimum atomic E-state index is 0. The highest BCUT2D eigenvalue weighted by atomic mass is 79.9. The van der Waals surface area contributed by atoms with E-state index in [1.807, 2.05) is 66.9 Å². The monoisotopic (exact) mass is 388 g/mol. The van der Waals surface area contributed by atoms with Crippen LogP contribution in [0.2, 0.25) is 5.02 Å². The number of benzene rings is 2. The Labute approximate surface area is 150 Å². The van der Waals surface area contributed by atoms with E-state index in [9.17, 15) is 4.79 Å². The van der Waals surface area contributed by atoms with E-state index in [1.54, 1.807) is 10.9 Å². The molecule has 116 valence electrons. The number of Topliss-reactive ketones (excluding diaryl/α,β-unsaturated/α-hetero) is 1. The molecular formula is C18H14BrClN2O. The third-order valence-corrected chi connectivity index (χ3v) is 3.55. The summed E-state index contributed by atoms with van der Waals surface area (Å²) in [5.41, 5.74) is 2.48. The highest BCUT2D eigenvalue weighted by Crippen LogP contribution is 2.19. The predicted molar refractivity (Wildman–Crippen MR) is 85.7 cm³/mol. The van der Waals surface area contributed by atoms with Gasteiger partial charge in [-0.25, -0.2) is 4.57 Å². The van der Waals surface area contributed by atoms with Crippen LogP contribution in [0.5, 0.6) is 0 Å². The quantitative estimate of drug-likeness (QED) is 0.483. The molecule has 0 saturated heterocycles. The second-order valence-electron chi connectivity index (χ2n) is 4.92. The second kappa shape index (κ2) is 7.99. The molecule has 2 aromatic carbocycles. The van der Waals surface area contributed by atoms with Crippen molar-refractivity contribution in [2.24, 2.45) is 0 Å². The molecule has 5 heteroatoms. The molecule has 23 heavy (non-hydrogen) atoms. The molecule has 0 unspecified atom stereocenters. The zero-order chi connectivity index (χ0) is 15.4. The van der Waals surface area contributed by atoms with E-state index in [-0.39, 0.29) is 29.3 Å². The van der Waals surface area contributed by atoms with Gasteiger partial charge in [0.2, 0.25) is 5.78 Å². The highest BCUT2D eigenvalue weighted by molar-refractivity contribution is 6.30. The fraction of sp³-hybridized carbons (Fsp3) is 0.0556. The first kappa shape index (κ1) is 17.3. The van der Waals surface area contributed by atoms with Gasteiger partial charge in [-0.1, -0.05) is 54.1 Å². The van der Waals surface area contributed by atoms with Crippen LogP contribution in [0.15, 0.2) is 73.2 Å². The highest BCUT2D eigenvalue weighted by Gasteiger charge is 2.11. The topological polar surface area (TPSA) is 33.8 Å². The predicted octanol–water partition coefficient (Wildman–Crippen LogP) is 0.576. The Kier molecular flexibility index (Phi) is 6.02. The SMILES string of the molecule is O=C(C[n+]1ccc(-c2cccc(Cl)c2)nc1)c1ccccc1.[Br-]. The number of halogens is 2. The number of nitrogens with zero attached hydrogens (tertiary/aromatic N) is 2. The van der Waals surface area contributed by atoms with Crippen LogP contribution in [0.4, 0.5) is 0 Å². The molecule has 0 N–H and O–H groups in total. The van der Waals surface area contributed by atoms with E-state index < -0.39 is 0 Å². The number of rotatable bonds is 4. The lowest BCUT2D eigenvalue weighted by atomic mass is 10.1. The first-order chi connectivity index (χ1) is 10.7. The van der Waals surface area contributed by atoms with E-state index in [4.69, 9.17) is 11.6 Å². The Hall–Kier alpha value is -2.04. The summed E-state index contributed by atoms with van der Waals surface area (Å²) in [6.07, 6.45) is 3.52. The van der Waals surface area contributed by atoms with E-state index in [1.165, 1.54) is 0 Å². The number of hydrogen-bond acceptors (Lipinski definition) is 2. The van der Waals surface area contributed by atoms with E-state index in [0.29, 0.717) is 10.6 Å². The largest absolute Gasteiger partial charge is 1.00 e. The molecule has 3 nitrogen and oxygen atoms in total. The zero-order valence-corrected chi connectivity index (χ0v) is 14.5. The summed E-state index contributed by atoms with van der Waals surface area (Å²) >= 11 is 5.99. The molecule has 0 atom stereocenters. The molecule has 0 radical (unpaired) electrons. The lowest BCUT2D eigenvalue weighted by Gasteiger charge is -2.01. The summed E-state index contributed by atoms with van der Waals surface area (Å²) in [6, 6.07) is 18.7. The van der Waals surface area contributed by atoms with Gasteiger partial charge in [0.1, 0.15) is 0 Å². The van der Waals surface area contributed by atoms with Crippen LogP contribution >= 0.6 is 11.6 Å². The third-order valence-electron chi connectivity index (χ3n) is 3.31. The summed E-state index contributed by atoms with van der Waals surface area (Å²) < 4.78 is 1.77. The summed E-state index contributed by atoms with van der Waals surface area (Å²) in [5.74, 6) is 0.0582. The molecule has 1 aromatic heterocycles. The maximum atomic E-state index is 12.1. The minimum Gasteiger partial charge on any atom is -1.00 e. The lowest BCUT2D eigenvalue weighted by Crippen LogP contribution is -3.00. The molecule has 0 fully saturated rings. The molecule has 3 rings (SSSR count). The van der Waals surface area contributed by atoms with Crippen molar-refractivity contribution in [1.82, 2.24) is 4.98 Å². The van der Waals surface area contributed by atoms with Crippen LogP contribution in [0.1, 0.15) is 10.4 Å². The van der Waals surface area contributed by atoms with Crippen molar-refractivity contribution in [3.05, 3.63) is 83.8 Å². The first-order valence-electron chi connectivity index (χ1n) is 6.92.